The van der Waals surface area contributed by atoms with Crippen molar-refractivity contribution in [3.05, 3.63) is 52.8 Å². The van der Waals surface area contributed by atoms with Crippen molar-refractivity contribution in [2.45, 2.75) is 38.6 Å². The number of anilines is 2. The van der Waals surface area contributed by atoms with Gasteiger partial charge in [-0.05, 0) is 55.7 Å². The van der Waals surface area contributed by atoms with Gasteiger partial charge in [-0.3, -0.25) is 9.78 Å². The van der Waals surface area contributed by atoms with Crippen LogP contribution in [0.15, 0.2) is 36.5 Å². The Balaban J connectivity index is 1.72. The lowest BCUT2D eigenvalue weighted by Crippen LogP contribution is -2.33. The molecule has 120 valence electrons. The lowest BCUT2D eigenvalue weighted by atomic mass is 10.2. The van der Waals surface area contributed by atoms with Crippen molar-refractivity contribution in [1.82, 2.24) is 10.3 Å². The van der Waals surface area contributed by atoms with Crippen LogP contribution in [0.1, 0.15) is 41.7 Å². The first-order chi connectivity index (χ1) is 11.1. The standard InChI is InChI=1S/C18H20ClN3O/c1-12-10-13(19)6-7-16(12)21-15-8-9-20-17(11-15)18(23)22-14-4-2-3-5-14/h6-11,14H,2-5H2,1H3,(H,20,21)(H,22,23). The Morgan fingerprint density at radius 3 is 2.74 bits per heavy atom. The summed E-state index contributed by atoms with van der Waals surface area (Å²) in [5.74, 6) is -0.103. The van der Waals surface area contributed by atoms with Crippen molar-refractivity contribution in [3.63, 3.8) is 0 Å². The van der Waals surface area contributed by atoms with Gasteiger partial charge in [-0.2, -0.15) is 0 Å². The second kappa shape index (κ2) is 7.01. The van der Waals surface area contributed by atoms with E-state index in [2.05, 4.69) is 15.6 Å². The molecule has 0 bridgehead atoms. The number of benzene rings is 1. The van der Waals surface area contributed by atoms with Crippen LogP contribution < -0.4 is 10.6 Å². The summed E-state index contributed by atoms with van der Waals surface area (Å²) in [4.78, 5) is 16.5. The van der Waals surface area contributed by atoms with Crippen LogP contribution in [-0.4, -0.2) is 16.9 Å². The summed E-state index contributed by atoms with van der Waals surface area (Å²) in [7, 11) is 0. The van der Waals surface area contributed by atoms with Gasteiger partial charge in [0.15, 0.2) is 0 Å². The van der Waals surface area contributed by atoms with Gasteiger partial charge in [0.2, 0.25) is 0 Å². The molecule has 1 aliphatic rings. The molecule has 0 radical (unpaired) electrons. The fourth-order valence-electron chi connectivity index (χ4n) is 2.88. The molecule has 3 rings (SSSR count). The van der Waals surface area contributed by atoms with E-state index < -0.39 is 0 Å². The monoisotopic (exact) mass is 329 g/mol. The Bertz CT molecular complexity index is 711. The molecule has 1 fully saturated rings. The number of aromatic nitrogens is 1. The molecule has 1 aromatic heterocycles. The first-order valence-corrected chi connectivity index (χ1v) is 8.30. The van der Waals surface area contributed by atoms with Gasteiger partial charge in [0.1, 0.15) is 5.69 Å². The van der Waals surface area contributed by atoms with Crippen LogP contribution in [-0.2, 0) is 0 Å². The highest BCUT2D eigenvalue weighted by Gasteiger charge is 2.18. The van der Waals surface area contributed by atoms with Crippen LogP contribution in [0.25, 0.3) is 0 Å². The molecule has 4 nitrogen and oxygen atoms in total. The number of rotatable bonds is 4. The van der Waals surface area contributed by atoms with Crippen molar-refractivity contribution in [1.29, 1.82) is 0 Å². The Morgan fingerprint density at radius 1 is 1.22 bits per heavy atom. The molecule has 1 amide bonds. The van der Waals surface area contributed by atoms with Gasteiger partial charge in [0.25, 0.3) is 5.91 Å². The van der Waals surface area contributed by atoms with E-state index in [0.717, 1.165) is 29.8 Å². The highest BCUT2D eigenvalue weighted by molar-refractivity contribution is 6.30. The maximum absolute atomic E-state index is 12.3. The van der Waals surface area contributed by atoms with Crippen molar-refractivity contribution in [2.75, 3.05) is 5.32 Å². The zero-order valence-corrected chi connectivity index (χ0v) is 13.9. The second-order valence-electron chi connectivity index (χ2n) is 5.97. The molecular weight excluding hydrogens is 310 g/mol. The molecule has 0 unspecified atom stereocenters. The molecule has 23 heavy (non-hydrogen) atoms. The topological polar surface area (TPSA) is 54.0 Å². The smallest absolute Gasteiger partial charge is 0.270 e. The van der Waals surface area contributed by atoms with Crippen LogP contribution in [0.4, 0.5) is 11.4 Å². The summed E-state index contributed by atoms with van der Waals surface area (Å²) in [6.07, 6.45) is 6.16. The number of nitrogens with zero attached hydrogens (tertiary/aromatic N) is 1. The van der Waals surface area contributed by atoms with E-state index in [0.29, 0.717) is 16.8 Å². The summed E-state index contributed by atoms with van der Waals surface area (Å²) in [5, 5.41) is 7.08. The van der Waals surface area contributed by atoms with Gasteiger partial charge < -0.3 is 10.6 Å². The van der Waals surface area contributed by atoms with Crippen molar-refractivity contribution >= 4 is 28.9 Å². The molecule has 1 saturated carbocycles. The third-order valence-electron chi connectivity index (χ3n) is 4.15. The molecule has 5 heteroatoms. The quantitative estimate of drug-likeness (QED) is 0.870. The predicted molar refractivity (Wildman–Crippen MR) is 93.4 cm³/mol. The Kier molecular flexibility index (Phi) is 4.82. The minimum Gasteiger partial charge on any atom is -0.355 e. The Morgan fingerprint density at radius 2 is 2.00 bits per heavy atom. The van der Waals surface area contributed by atoms with Gasteiger partial charge in [-0.15, -0.1) is 0 Å². The number of nitrogens with one attached hydrogen (secondary N) is 2. The van der Waals surface area contributed by atoms with E-state index in [1.807, 2.05) is 31.2 Å². The number of aryl methyl sites for hydroxylation is 1. The van der Waals surface area contributed by atoms with E-state index in [4.69, 9.17) is 11.6 Å². The number of hydrogen-bond acceptors (Lipinski definition) is 3. The number of amides is 1. The molecule has 0 saturated heterocycles. The molecule has 2 N–H and O–H groups in total. The average Bonchev–Trinajstić information content (AvgIpc) is 3.03. The highest BCUT2D eigenvalue weighted by Crippen LogP contribution is 2.24. The molecule has 0 aliphatic heterocycles. The van der Waals surface area contributed by atoms with Gasteiger partial charge in [-0.1, -0.05) is 24.4 Å². The van der Waals surface area contributed by atoms with Crippen molar-refractivity contribution in [2.24, 2.45) is 0 Å². The molecule has 1 heterocycles. The fraction of sp³-hybridized carbons (Fsp3) is 0.333. The molecule has 0 spiro atoms. The van der Waals surface area contributed by atoms with Crippen molar-refractivity contribution < 1.29 is 4.79 Å². The summed E-state index contributed by atoms with van der Waals surface area (Å²) in [5.41, 5.74) is 3.28. The van der Waals surface area contributed by atoms with Crippen LogP contribution in [0.2, 0.25) is 5.02 Å². The third kappa shape index (κ3) is 4.02. The maximum Gasteiger partial charge on any atom is 0.270 e. The first kappa shape index (κ1) is 15.8. The minimum absolute atomic E-state index is 0.103. The summed E-state index contributed by atoms with van der Waals surface area (Å²) < 4.78 is 0. The van der Waals surface area contributed by atoms with Gasteiger partial charge >= 0.3 is 0 Å². The third-order valence-corrected chi connectivity index (χ3v) is 4.39. The normalized spacial score (nSPS) is 14.7. The molecule has 1 aromatic carbocycles. The lowest BCUT2D eigenvalue weighted by molar-refractivity contribution is 0.0933. The molecular formula is C18H20ClN3O. The van der Waals surface area contributed by atoms with Gasteiger partial charge in [0, 0.05) is 28.6 Å². The number of carbonyl (C=O) groups excluding carboxylic acids is 1. The lowest BCUT2D eigenvalue weighted by Gasteiger charge is -2.13. The van der Waals surface area contributed by atoms with Crippen LogP contribution in [0, 0.1) is 6.92 Å². The zero-order valence-electron chi connectivity index (χ0n) is 13.1. The largest absolute Gasteiger partial charge is 0.355 e. The van der Waals surface area contributed by atoms with Gasteiger partial charge in [0.05, 0.1) is 0 Å². The fourth-order valence-corrected chi connectivity index (χ4v) is 3.11. The number of carbonyl (C=O) groups is 1. The zero-order chi connectivity index (χ0) is 16.2. The van der Waals surface area contributed by atoms with Crippen LogP contribution in [0.5, 0.6) is 0 Å². The number of hydrogen-bond donors (Lipinski definition) is 2. The maximum atomic E-state index is 12.3. The molecule has 2 aromatic rings. The van der Waals surface area contributed by atoms with E-state index >= 15 is 0 Å². The SMILES string of the molecule is Cc1cc(Cl)ccc1Nc1ccnc(C(=O)NC2CCCC2)c1. The number of halogens is 1. The highest BCUT2D eigenvalue weighted by atomic mass is 35.5. The van der Waals surface area contributed by atoms with Gasteiger partial charge in [-0.25, -0.2) is 0 Å². The van der Waals surface area contributed by atoms with E-state index in [9.17, 15) is 4.79 Å². The predicted octanol–water partition coefficient (Wildman–Crippen LogP) is 4.46. The summed E-state index contributed by atoms with van der Waals surface area (Å²) in [6, 6.07) is 9.58. The Labute approximate surface area is 141 Å². The van der Waals surface area contributed by atoms with E-state index in [1.165, 1.54) is 12.8 Å². The molecule has 0 atom stereocenters. The molecule has 1 aliphatic carbocycles. The van der Waals surface area contributed by atoms with E-state index in [1.54, 1.807) is 12.3 Å². The van der Waals surface area contributed by atoms with Crippen LogP contribution in [0.3, 0.4) is 0 Å². The van der Waals surface area contributed by atoms with E-state index in [-0.39, 0.29) is 5.91 Å². The second-order valence-corrected chi connectivity index (χ2v) is 6.41. The summed E-state index contributed by atoms with van der Waals surface area (Å²) in [6.45, 7) is 1.99. The average molecular weight is 330 g/mol. The Hall–Kier alpha value is -2.07. The summed E-state index contributed by atoms with van der Waals surface area (Å²) >= 11 is 5.98. The first-order valence-electron chi connectivity index (χ1n) is 7.92. The van der Waals surface area contributed by atoms with Crippen molar-refractivity contribution in [3.8, 4) is 0 Å². The minimum atomic E-state index is -0.103. The number of pyridine rings is 1. The van der Waals surface area contributed by atoms with Crippen LogP contribution >= 0.6 is 11.6 Å².